The molecule has 78 valence electrons. The van der Waals surface area contributed by atoms with Crippen LogP contribution in [-0.4, -0.2) is 49.8 Å². The average Bonchev–Trinajstić information content (AvgIpc) is 2.15. The smallest absolute Gasteiger partial charge is 0.0619 e. The molecule has 1 N–H and O–H groups in total. The van der Waals surface area contributed by atoms with E-state index in [2.05, 4.69) is 24.1 Å². The number of piperazine rings is 1. The summed E-state index contributed by atoms with van der Waals surface area (Å²) in [6.45, 7) is 11.6. The van der Waals surface area contributed by atoms with Crippen LogP contribution in [0.15, 0.2) is 0 Å². The van der Waals surface area contributed by atoms with E-state index < -0.39 is 0 Å². The second-order valence-corrected chi connectivity index (χ2v) is 3.80. The summed E-state index contributed by atoms with van der Waals surface area (Å²) in [6.07, 6.45) is 0. The number of nitrogens with one attached hydrogen (secondary N) is 1. The number of hydrogen-bond donors (Lipinski definition) is 1. The first-order valence-electron chi connectivity index (χ1n) is 5.30. The normalized spacial score (nSPS) is 27.5. The quantitative estimate of drug-likeness (QED) is 0.699. The van der Waals surface area contributed by atoms with E-state index in [-0.39, 0.29) is 0 Å². The van der Waals surface area contributed by atoms with Gasteiger partial charge in [-0.05, 0) is 20.8 Å². The molecule has 2 atom stereocenters. The van der Waals surface area contributed by atoms with E-state index in [0.29, 0.717) is 12.1 Å². The third-order valence-electron chi connectivity index (χ3n) is 2.68. The van der Waals surface area contributed by atoms with Gasteiger partial charge in [0.25, 0.3) is 0 Å². The van der Waals surface area contributed by atoms with Crippen molar-refractivity contribution in [1.29, 1.82) is 0 Å². The second kappa shape index (κ2) is 5.58. The minimum Gasteiger partial charge on any atom is -0.380 e. The Bertz CT molecular complexity index is 141. The molecule has 1 heterocycles. The average molecular weight is 186 g/mol. The molecule has 0 aromatic carbocycles. The van der Waals surface area contributed by atoms with Crippen LogP contribution < -0.4 is 5.32 Å². The molecule has 0 bridgehead atoms. The molecule has 0 saturated carbocycles. The fourth-order valence-electron chi connectivity index (χ4n) is 1.90. The molecule has 0 aromatic rings. The summed E-state index contributed by atoms with van der Waals surface area (Å²) in [5.74, 6) is 0. The maximum atomic E-state index is 5.43. The molecule has 0 aromatic heterocycles. The maximum Gasteiger partial charge on any atom is 0.0619 e. The zero-order valence-electron chi connectivity index (χ0n) is 9.05. The molecular formula is C10H22N2O. The molecule has 3 heteroatoms. The maximum absolute atomic E-state index is 5.43. The number of hydrogen-bond acceptors (Lipinski definition) is 3. The first kappa shape index (κ1) is 11.0. The summed E-state index contributed by atoms with van der Waals surface area (Å²) in [7, 11) is 0. The van der Waals surface area contributed by atoms with Crippen LogP contribution in [-0.2, 0) is 4.74 Å². The van der Waals surface area contributed by atoms with E-state index in [1.54, 1.807) is 0 Å². The lowest BCUT2D eigenvalue weighted by Gasteiger charge is -2.38. The van der Waals surface area contributed by atoms with Crippen molar-refractivity contribution in [2.75, 3.05) is 32.8 Å². The molecule has 0 spiro atoms. The molecule has 1 saturated heterocycles. The summed E-state index contributed by atoms with van der Waals surface area (Å²) in [6, 6.07) is 1.20. The van der Waals surface area contributed by atoms with E-state index in [4.69, 9.17) is 4.74 Å². The van der Waals surface area contributed by atoms with Gasteiger partial charge in [-0.15, -0.1) is 0 Å². The summed E-state index contributed by atoms with van der Waals surface area (Å²) >= 11 is 0. The Balaban J connectivity index is 2.30. The second-order valence-electron chi connectivity index (χ2n) is 3.80. The highest BCUT2D eigenvalue weighted by Gasteiger charge is 2.22. The Morgan fingerprint density at radius 1 is 1.62 bits per heavy atom. The lowest BCUT2D eigenvalue weighted by molar-refractivity contribution is 0.0448. The predicted octanol–water partition coefficient (Wildman–Crippen LogP) is 0.705. The van der Waals surface area contributed by atoms with Crippen molar-refractivity contribution in [2.24, 2.45) is 0 Å². The van der Waals surface area contributed by atoms with Crippen LogP contribution in [0.5, 0.6) is 0 Å². The van der Waals surface area contributed by atoms with Gasteiger partial charge in [0, 0.05) is 38.3 Å². The fourth-order valence-corrected chi connectivity index (χ4v) is 1.90. The molecule has 1 rings (SSSR count). The van der Waals surface area contributed by atoms with Crippen LogP contribution in [0.1, 0.15) is 20.8 Å². The monoisotopic (exact) mass is 186 g/mol. The van der Waals surface area contributed by atoms with Crippen LogP contribution in [0.4, 0.5) is 0 Å². The van der Waals surface area contributed by atoms with Crippen LogP contribution in [0.25, 0.3) is 0 Å². The number of rotatable bonds is 4. The standard InChI is InChI=1S/C10H22N2O/c1-4-13-8-10(3)12-6-5-11-7-9(12)2/h9-11H,4-8H2,1-3H3. The van der Waals surface area contributed by atoms with E-state index in [1.807, 2.05) is 6.92 Å². The molecule has 2 unspecified atom stereocenters. The Hall–Kier alpha value is -0.120. The summed E-state index contributed by atoms with van der Waals surface area (Å²) in [5.41, 5.74) is 0. The van der Waals surface area contributed by atoms with Gasteiger partial charge in [0.2, 0.25) is 0 Å². The van der Waals surface area contributed by atoms with E-state index >= 15 is 0 Å². The lowest BCUT2D eigenvalue weighted by Crippen LogP contribution is -2.54. The Morgan fingerprint density at radius 3 is 3.00 bits per heavy atom. The molecule has 0 radical (unpaired) electrons. The highest BCUT2D eigenvalue weighted by molar-refractivity contribution is 4.80. The zero-order chi connectivity index (χ0) is 9.68. The first-order valence-corrected chi connectivity index (χ1v) is 5.30. The highest BCUT2D eigenvalue weighted by Crippen LogP contribution is 2.08. The van der Waals surface area contributed by atoms with Crippen molar-refractivity contribution in [1.82, 2.24) is 10.2 Å². The van der Waals surface area contributed by atoms with Gasteiger partial charge in [-0.2, -0.15) is 0 Å². The van der Waals surface area contributed by atoms with Crippen LogP contribution in [0.2, 0.25) is 0 Å². The largest absolute Gasteiger partial charge is 0.380 e. The minimum atomic E-state index is 0.553. The van der Waals surface area contributed by atoms with Crippen molar-refractivity contribution in [3.63, 3.8) is 0 Å². The molecule has 0 amide bonds. The van der Waals surface area contributed by atoms with Crippen LogP contribution in [0, 0.1) is 0 Å². The van der Waals surface area contributed by atoms with E-state index in [1.165, 1.54) is 0 Å². The molecule has 0 aliphatic carbocycles. The van der Waals surface area contributed by atoms with Gasteiger partial charge in [0.05, 0.1) is 6.61 Å². The van der Waals surface area contributed by atoms with Crippen molar-refractivity contribution in [3.05, 3.63) is 0 Å². The number of nitrogens with zero attached hydrogens (tertiary/aromatic N) is 1. The van der Waals surface area contributed by atoms with Gasteiger partial charge in [-0.3, -0.25) is 4.90 Å². The SMILES string of the molecule is CCOCC(C)N1CCNCC1C. The van der Waals surface area contributed by atoms with Gasteiger partial charge >= 0.3 is 0 Å². The Morgan fingerprint density at radius 2 is 2.38 bits per heavy atom. The van der Waals surface area contributed by atoms with Crippen molar-refractivity contribution < 1.29 is 4.74 Å². The first-order chi connectivity index (χ1) is 6.25. The summed E-state index contributed by atoms with van der Waals surface area (Å²) < 4.78 is 5.43. The fraction of sp³-hybridized carbons (Fsp3) is 1.00. The number of ether oxygens (including phenoxy) is 1. The molecule has 1 fully saturated rings. The van der Waals surface area contributed by atoms with Crippen LogP contribution >= 0.6 is 0 Å². The van der Waals surface area contributed by atoms with E-state index in [0.717, 1.165) is 32.8 Å². The van der Waals surface area contributed by atoms with Gasteiger partial charge in [-0.25, -0.2) is 0 Å². The predicted molar refractivity (Wildman–Crippen MR) is 55.0 cm³/mol. The molecule has 1 aliphatic heterocycles. The Kier molecular flexibility index (Phi) is 4.70. The van der Waals surface area contributed by atoms with Crippen LogP contribution in [0.3, 0.4) is 0 Å². The van der Waals surface area contributed by atoms with Gasteiger partial charge in [0.1, 0.15) is 0 Å². The third-order valence-corrected chi connectivity index (χ3v) is 2.68. The lowest BCUT2D eigenvalue weighted by atomic mass is 10.1. The van der Waals surface area contributed by atoms with Crippen molar-refractivity contribution >= 4 is 0 Å². The van der Waals surface area contributed by atoms with E-state index in [9.17, 15) is 0 Å². The molecule has 1 aliphatic rings. The van der Waals surface area contributed by atoms with Gasteiger partial charge < -0.3 is 10.1 Å². The summed E-state index contributed by atoms with van der Waals surface area (Å²) in [4.78, 5) is 2.52. The van der Waals surface area contributed by atoms with Crippen molar-refractivity contribution in [2.45, 2.75) is 32.9 Å². The summed E-state index contributed by atoms with van der Waals surface area (Å²) in [5, 5.41) is 3.39. The van der Waals surface area contributed by atoms with Crippen molar-refractivity contribution in [3.8, 4) is 0 Å². The topological polar surface area (TPSA) is 24.5 Å². The molecule has 13 heavy (non-hydrogen) atoms. The molecular weight excluding hydrogens is 164 g/mol. The minimum absolute atomic E-state index is 0.553. The Labute approximate surface area is 81.4 Å². The highest BCUT2D eigenvalue weighted by atomic mass is 16.5. The third kappa shape index (κ3) is 3.25. The van der Waals surface area contributed by atoms with Gasteiger partial charge in [-0.1, -0.05) is 0 Å². The van der Waals surface area contributed by atoms with Gasteiger partial charge in [0.15, 0.2) is 0 Å². The zero-order valence-corrected chi connectivity index (χ0v) is 9.05. The molecule has 3 nitrogen and oxygen atoms in total.